The Morgan fingerprint density at radius 3 is 2.38 bits per heavy atom. The summed E-state index contributed by atoms with van der Waals surface area (Å²) in [5.41, 5.74) is 2.83. The molecule has 3 heterocycles. The van der Waals surface area contributed by atoms with Crippen LogP contribution in [-0.2, 0) is 22.9 Å². The zero-order chi connectivity index (χ0) is 28.7. The quantitative estimate of drug-likeness (QED) is 0.295. The van der Waals surface area contributed by atoms with Crippen molar-refractivity contribution in [1.29, 1.82) is 0 Å². The molecule has 39 heavy (non-hydrogen) atoms. The minimum absolute atomic E-state index is 0.0122. The molecule has 0 unspecified atom stereocenters. The second kappa shape index (κ2) is 12.7. The number of hydrogen-bond donors (Lipinski definition) is 0. The molecule has 0 saturated heterocycles. The molecule has 0 aliphatic heterocycles. The van der Waals surface area contributed by atoms with Crippen LogP contribution in [0.4, 0.5) is 10.3 Å². The van der Waals surface area contributed by atoms with Gasteiger partial charge in [0, 0.05) is 19.2 Å². The third kappa shape index (κ3) is 6.22. The summed E-state index contributed by atoms with van der Waals surface area (Å²) < 4.78 is 48.9. The number of ether oxygens (including phenoxy) is 1. The van der Waals surface area contributed by atoms with E-state index in [4.69, 9.17) is 4.74 Å². The first-order valence-electron chi connectivity index (χ1n) is 12.7. The first-order chi connectivity index (χ1) is 18.7. The normalized spacial score (nSPS) is 11.9. The van der Waals surface area contributed by atoms with Gasteiger partial charge in [-0.3, -0.25) is 4.57 Å². The van der Waals surface area contributed by atoms with Crippen molar-refractivity contribution in [2.24, 2.45) is 0 Å². The average molecular weight is 556 g/mol. The summed E-state index contributed by atoms with van der Waals surface area (Å²) in [7, 11) is -1.01. The highest BCUT2D eigenvalue weighted by Gasteiger charge is 2.33. The number of nitrogens with zero attached hydrogens (tertiary/aromatic N) is 7. The molecule has 0 N–H and O–H groups in total. The first-order valence-corrected chi connectivity index (χ1v) is 14.2. The number of sulfonamides is 1. The van der Waals surface area contributed by atoms with Crippen LogP contribution >= 0.6 is 0 Å². The molecule has 0 saturated carbocycles. The molecular formula is C27H34FN7O3S. The summed E-state index contributed by atoms with van der Waals surface area (Å²) in [4.78, 5) is 12.5. The van der Waals surface area contributed by atoms with Crippen LogP contribution < -0.4 is 9.04 Å². The van der Waals surface area contributed by atoms with Crippen LogP contribution in [0.3, 0.4) is 0 Å². The van der Waals surface area contributed by atoms with E-state index in [1.807, 2.05) is 52.0 Å². The van der Waals surface area contributed by atoms with Crippen molar-refractivity contribution in [3.63, 3.8) is 0 Å². The minimum Gasteiger partial charge on any atom is -0.495 e. The SMILES string of the molecule is CC.CCc1cccc(-c2nnc(N(C)S(=O)(=O)[C@@H](C)Cc3ncc(F)cn3)n2-c2c(C)cccc2OC)n1. The third-order valence-corrected chi connectivity index (χ3v) is 8.11. The molecule has 0 spiro atoms. The average Bonchev–Trinajstić information content (AvgIpc) is 3.39. The topological polar surface area (TPSA) is 116 Å². The number of aromatic nitrogens is 6. The maximum atomic E-state index is 13.6. The molecule has 1 aromatic carbocycles. The van der Waals surface area contributed by atoms with E-state index in [1.165, 1.54) is 7.05 Å². The maximum absolute atomic E-state index is 13.6. The highest BCUT2D eigenvalue weighted by Crippen LogP contribution is 2.35. The summed E-state index contributed by atoms with van der Waals surface area (Å²) >= 11 is 0. The van der Waals surface area contributed by atoms with Gasteiger partial charge in [-0.25, -0.2) is 32.1 Å². The Bertz CT molecular complexity index is 1510. The van der Waals surface area contributed by atoms with E-state index in [-0.39, 0.29) is 18.2 Å². The lowest BCUT2D eigenvalue weighted by molar-refractivity contribution is 0.412. The number of methoxy groups -OCH3 is 1. The minimum atomic E-state index is -3.97. The van der Waals surface area contributed by atoms with Crippen LogP contribution in [0.5, 0.6) is 5.75 Å². The Labute approximate surface area is 229 Å². The van der Waals surface area contributed by atoms with E-state index in [9.17, 15) is 12.8 Å². The number of hydrogen-bond acceptors (Lipinski definition) is 8. The van der Waals surface area contributed by atoms with E-state index in [0.29, 0.717) is 23.0 Å². The van der Waals surface area contributed by atoms with Gasteiger partial charge in [0.2, 0.25) is 16.0 Å². The van der Waals surface area contributed by atoms with Gasteiger partial charge in [-0.2, -0.15) is 0 Å². The van der Waals surface area contributed by atoms with Crippen molar-refractivity contribution in [1.82, 2.24) is 29.7 Å². The molecule has 0 aliphatic rings. The van der Waals surface area contributed by atoms with Gasteiger partial charge in [0.1, 0.15) is 17.3 Å². The second-order valence-corrected chi connectivity index (χ2v) is 10.9. The van der Waals surface area contributed by atoms with Gasteiger partial charge in [0.25, 0.3) is 0 Å². The lowest BCUT2D eigenvalue weighted by Gasteiger charge is -2.24. The van der Waals surface area contributed by atoms with Gasteiger partial charge in [-0.1, -0.05) is 39.0 Å². The Morgan fingerprint density at radius 1 is 1.08 bits per heavy atom. The zero-order valence-corrected chi connectivity index (χ0v) is 24.1. The van der Waals surface area contributed by atoms with Crippen molar-refractivity contribution in [3.8, 4) is 23.0 Å². The Hall–Kier alpha value is -3.93. The van der Waals surface area contributed by atoms with Crippen molar-refractivity contribution in [3.05, 3.63) is 71.7 Å². The van der Waals surface area contributed by atoms with Crippen molar-refractivity contribution >= 4 is 16.0 Å². The molecule has 12 heteroatoms. The van der Waals surface area contributed by atoms with E-state index in [1.54, 1.807) is 30.7 Å². The Kier molecular flexibility index (Phi) is 9.68. The first kappa shape index (κ1) is 29.6. The summed E-state index contributed by atoms with van der Waals surface area (Å²) in [5, 5.41) is 7.72. The van der Waals surface area contributed by atoms with Gasteiger partial charge in [-0.15, -0.1) is 10.2 Å². The monoisotopic (exact) mass is 555 g/mol. The van der Waals surface area contributed by atoms with Crippen LogP contribution in [0, 0.1) is 12.7 Å². The van der Waals surface area contributed by atoms with Gasteiger partial charge in [-0.05, 0) is 44.0 Å². The molecule has 0 bridgehead atoms. The van der Waals surface area contributed by atoms with Gasteiger partial charge < -0.3 is 4.74 Å². The molecule has 0 aliphatic carbocycles. The molecule has 4 rings (SSSR count). The van der Waals surface area contributed by atoms with E-state index >= 15 is 0 Å². The van der Waals surface area contributed by atoms with Crippen molar-refractivity contribution in [2.75, 3.05) is 18.5 Å². The highest BCUT2D eigenvalue weighted by atomic mass is 32.2. The van der Waals surface area contributed by atoms with Gasteiger partial charge >= 0.3 is 0 Å². The van der Waals surface area contributed by atoms with Crippen molar-refractivity contribution in [2.45, 2.75) is 52.7 Å². The van der Waals surface area contributed by atoms with Crippen LogP contribution in [-0.4, -0.2) is 57.5 Å². The highest BCUT2D eigenvalue weighted by molar-refractivity contribution is 7.93. The van der Waals surface area contributed by atoms with Crippen LogP contribution in [0.15, 0.2) is 48.8 Å². The number of pyridine rings is 1. The Balaban J connectivity index is 0.00000205. The van der Waals surface area contributed by atoms with Crippen LogP contribution in [0.1, 0.15) is 44.8 Å². The molecule has 0 fully saturated rings. The molecule has 3 aromatic heterocycles. The van der Waals surface area contributed by atoms with E-state index < -0.39 is 21.1 Å². The molecule has 1 atom stereocenters. The Morgan fingerprint density at radius 2 is 1.74 bits per heavy atom. The second-order valence-electron chi connectivity index (χ2n) is 8.50. The number of benzene rings is 1. The fraction of sp³-hybridized carbons (Fsp3) is 0.370. The number of aryl methyl sites for hydroxylation is 2. The summed E-state index contributed by atoms with van der Waals surface area (Å²) in [6.07, 6.45) is 2.73. The summed E-state index contributed by atoms with van der Waals surface area (Å²) in [6.45, 7) is 9.43. The lowest BCUT2D eigenvalue weighted by Crippen LogP contribution is -2.37. The fourth-order valence-electron chi connectivity index (χ4n) is 3.93. The number of halogens is 1. The van der Waals surface area contributed by atoms with Gasteiger partial charge in [0.05, 0.1) is 30.4 Å². The van der Waals surface area contributed by atoms with Crippen LogP contribution in [0.25, 0.3) is 17.2 Å². The lowest BCUT2D eigenvalue weighted by atomic mass is 10.1. The van der Waals surface area contributed by atoms with E-state index in [0.717, 1.165) is 34.4 Å². The molecule has 0 amide bonds. The molecular weight excluding hydrogens is 521 g/mol. The van der Waals surface area contributed by atoms with Crippen LogP contribution in [0.2, 0.25) is 0 Å². The number of anilines is 1. The predicted molar refractivity (Wildman–Crippen MR) is 149 cm³/mol. The fourth-order valence-corrected chi connectivity index (χ4v) is 5.17. The predicted octanol–water partition coefficient (Wildman–Crippen LogP) is 4.56. The smallest absolute Gasteiger partial charge is 0.245 e. The largest absolute Gasteiger partial charge is 0.495 e. The third-order valence-electron chi connectivity index (χ3n) is 6.00. The number of rotatable bonds is 9. The standard InChI is InChI=1S/C25H28FN7O3S.C2H6/c1-6-19-10-8-11-20(29-19)24-30-31-25(33(24)23-16(2)9-7-12-21(23)36-5)32(4)37(34,35)17(3)13-22-27-14-18(26)15-28-22;1-2/h7-12,14-15,17H,6,13H2,1-5H3;1-2H3/t17-;/m0./s1. The molecule has 4 aromatic rings. The zero-order valence-electron chi connectivity index (χ0n) is 23.3. The summed E-state index contributed by atoms with van der Waals surface area (Å²) in [6, 6.07) is 11.1. The molecule has 0 radical (unpaired) electrons. The molecule has 208 valence electrons. The van der Waals surface area contributed by atoms with E-state index in [2.05, 4.69) is 25.1 Å². The maximum Gasteiger partial charge on any atom is 0.245 e. The van der Waals surface area contributed by atoms with Gasteiger partial charge in [0.15, 0.2) is 11.6 Å². The molecule has 10 nitrogen and oxygen atoms in total. The van der Waals surface area contributed by atoms with Crippen molar-refractivity contribution < 1.29 is 17.5 Å². The number of para-hydroxylation sites is 1. The summed E-state index contributed by atoms with van der Waals surface area (Å²) in [5.74, 6) is 0.583.